The molecule has 124 valence electrons. The molecule has 0 amide bonds. The molecule has 5 heteroatoms. The average molecular weight is 341 g/mol. The summed E-state index contributed by atoms with van der Waals surface area (Å²) < 4.78 is 44.3. The molecule has 0 heterocycles. The van der Waals surface area contributed by atoms with Crippen LogP contribution in [0.2, 0.25) is 0 Å². The Labute approximate surface area is 149 Å². The predicted molar refractivity (Wildman–Crippen MR) is 93.3 cm³/mol. The van der Waals surface area contributed by atoms with Crippen LogP contribution in [0.25, 0.3) is 0 Å². The average Bonchev–Trinajstić information content (AvgIpc) is 2.68. The van der Waals surface area contributed by atoms with Crippen molar-refractivity contribution in [1.82, 2.24) is 0 Å². The number of aliphatic hydroxyl groups is 1. The van der Waals surface area contributed by atoms with Crippen molar-refractivity contribution in [3.05, 3.63) is 65.6 Å². The molecular weight excluding hydrogens is 314 g/mol. The van der Waals surface area contributed by atoms with Crippen LogP contribution < -0.4 is 10.5 Å². The molecule has 2 rings (SSSR count). The second kappa shape index (κ2) is 10.0. The Hall–Kier alpha value is -1.88. The number of benzene rings is 2. The summed E-state index contributed by atoms with van der Waals surface area (Å²) in [5.74, 6) is 0.00992. The molecule has 1 unspecified atom stereocenters. The smallest absolute Gasteiger partial charge is 0.166 e. The minimum absolute atomic E-state index is 0. The Bertz CT molecular complexity index is 821. The van der Waals surface area contributed by atoms with Gasteiger partial charge >= 0.3 is 0 Å². The highest BCUT2D eigenvalue weighted by Gasteiger charge is 2.13. The summed E-state index contributed by atoms with van der Waals surface area (Å²) in [6.07, 6.45) is -0.888. The fraction of sp³-hybridized carbons (Fsp3) is 0.278. The van der Waals surface area contributed by atoms with Gasteiger partial charge in [0.25, 0.3) is 0 Å². The van der Waals surface area contributed by atoms with Crippen LogP contribution in [0.15, 0.2) is 54.5 Å². The topological polar surface area (TPSA) is 72.5 Å². The van der Waals surface area contributed by atoms with Crippen LogP contribution in [-0.4, -0.2) is 30.1 Å². The van der Waals surface area contributed by atoms with Crippen molar-refractivity contribution < 1.29 is 21.5 Å². The van der Waals surface area contributed by atoms with Gasteiger partial charge in [0, 0.05) is 13.0 Å². The molecule has 0 saturated heterocycles. The van der Waals surface area contributed by atoms with E-state index in [9.17, 15) is 9.90 Å². The summed E-state index contributed by atoms with van der Waals surface area (Å²) in [5, 5.41) is 9.51. The van der Waals surface area contributed by atoms with Gasteiger partial charge in [-0.3, -0.25) is 4.79 Å². The number of hydrogen-bond donors (Lipinski definition) is 2. The largest absolute Gasteiger partial charge is 0.490 e. The first-order valence-electron chi connectivity index (χ1n) is 9.46. The molecule has 0 spiro atoms. The molecule has 2 aromatic carbocycles. The number of para-hydroxylation sites is 1. The van der Waals surface area contributed by atoms with E-state index < -0.39 is 24.2 Å². The van der Waals surface area contributed by atoms with Crippen molar-refractivity contribution in [3.63, 3.8) is 0 Å². The molecule has 2 aromatic rings. The van der Waals surface area contributed by atoms with Crippen LogP contribution >= 0.6 is 12.4 Å². The van der Waals surface area contributed by atoms with Gasteiger partial charge in [0.2, 0.25) is 0 Å². The zero-order valence-corrected chi connectivity index (χ0v) is 13.3. The Morgan fingerprint density at radius 3 is 2.65 bits per heavy atom. The molecule has 0 aromatic heterocycles. The SMILES string of the molecule is Cl.[2H]c1c([2H])c([2H])c(CCC(=O)c2ccccc2OCC(O)CN)c([2H])c1[2H]. The van der Waals surface area contributed by atoms with Gasteiger partial charge in [-0.2, -0.15) is 0 Å². The van der Waals surface area contributed by atoms with E-state index >= 15 is 0 Å². The number of rotatable bonds is 8. The Balaban J connectivity index is 0.00000392. The molecule has 0 fully saturated rings. The van der Waals surface area contributed by atoms with E-state index in [-0.39, 0.29) is 61.8 Å². The number of aliphatic hydroxyl groups excluding tert-OH is 1. The lowest BCUT2D eigenvalue weighted by molar-refractivity contribution is 0.0961. The number of carbonyl (C=O) groups excluding carboxylic acids is 1. The normalized spacial score (nSPS) is 14.4. The first kappa shape index (κ1) is 12.5. The first-order chi connectivity index (χ1) is 12.8. The monoisotopic (exact) mass is 340 g/mol. The van der Waals surface area contributed by atoms with E-state index in [2.05, 4.69) is 0 Å². The van der Waals surface area contributed by atoms with E-state index in [0.29, 0.717) is 11.3 Å². The van der Waals surface area contributed by atoms with Crippen LogP contribution in [0.1, 0.15) is 29.2 Å². The summed E-state index contributed by atoms with van der Waals surface area (Å²) in [6, 6.07) is 4.64. The van der Waals surface area contributed by atoms with Gasteiger partial charge < -0.3 is 15.6 Å². The molecule has 1 atom stereocenters. The van der Waals surface area contributed by atoms with Crippen molar-refractivity contribution in [3.8, 4) is 5.75 Å². The standard InChI is InChI=1S/C18H21NO3.ClH/c19-12-15(20)13-22-18-9-5-4-8-16(18)17(21)11-10-14-6-2-1-3-7-14;/h1-9,15,20H,10-13,19H2;1H/i1D,2D,3D,6D,7D;. The van der Waals surface area contributed by atoms with Crippen LogP contribution in [-0.2, 0) is 6.42 Å². The van der Waals surface area contributed by atoms with Gasteiger partial charge in [-0.1, -0.05) is 42.3 Å². The summed E-state index contributed by atoms with van der Waals surface area (Å²) in [4.78, 5) is 12.6. The first-order valence-corrected chi connectivity index (χ1v) is 6.96. The van der Waals surface area contributed by atoms with Crippen molar-refractivity contribution >= 4 is 18.2 Å². The van der Waals surface area contributed by atoms with Crippen molar-refractivity contribution in [2.45, 2.75) is 18.9 Å². The summed E-state index contributed by atoms with van der Waals surface area (Å²) >= 11 is 0. The zero-order valence-electron chi connectivity index (χ0n) is 17.5. The minimum atomic E-state index is -0.848. The fourth-order valence-electron chi connectivity index (χ4n) is 1.85. The van der Waals surface area contributed by atoms with E-state index in [1.54, 1.807) is 24.3 Å². The highest BCUT2D eigenvalue weighted by Crippen LogP contribution is 2.20. The van der Waals surface area contributed by atoms with Gasteiger partial charge in [-0.25, -0.2) is 0 Å². The third-order valence-electron chi connectivity index (χ3n) is 3.04. The number of nitrogens with two attached hydrogens (primary N) is 1. The summed E-state index contributed by atoms with van der Waals surface area (Å²) in [6.45, 7) is -0.0184. The molecule has 3 N–H and O–H groups in total. The number of ether oxygens (including phenoxy) is 1. The quantitative estimate of drug-likeness (QED) is 0.724. The number of ketones is 1. The van der Waals surface area contributed by atoms with Gasteiger partial charge in [0.1, 0.15) is 18.5 Å². The van der Waals surface area contributed by atoms with E-state index in [1.807, 2.05) is 0 Å². The van der Waals surface area contributed by atoms with Crippen molar-refractivity contribution in [2.75, 3.05) is 13.2 Å². The molecule has 23 heavy (non-hydrogen) atoms. The molecule has 0 bridgehead atoms. The summed E-state index contributed by atoms with van der Waals surface area (Å²) in [5.41, 5.74) is 5.74. The van der Waals surface area contributed by atoms with Gasteiger partial charge in [0.05, 0.1) is 12.4 Å². The van der Waals surface area contributed by atoms with Gasteiger partial charge in [-0.05, 0) is 24.1 Å². The lowest BCUT2D eigenvalue weighted by Gasteiger charge is -2.13. The Kier molecular flexibility index (Phi) is 5.45. The molecule has 4 nitrogen and oxygen atoms in total. The van der Waals surface area contributed by atoms with Crippen molar-refractivity contribution in [1.29, 1.82) is 0 Å². The van der Waals surface area contributed by atoms with Gasteiger partial charge in [-0.15, -0.1) is 12.4 Å². The molecule has 0 radical (unpaired) electrons. The molecular formula is C18H22ClNO3. The van der Waals surface area contributed by atoms with Crippen LogP contribution in [0, 0.1) is 0 Å². The Morgan fingerprint density at radius 2 is 1.96 bits per heavy atom. The van der Waals surface area contributed by atoms with E-state index in [4.69, 9.17) is 17.3 Å². The summed E-state index contributed by atoms with van der Waals surface area (Å²) in [7, 11) is 0. The van der Waals surface area contributed by atoms with Crippen molar-refractivity contribution in [2.24, 2.45) is 5.73 Å². The maximum Gasteiger partial charge on any atom is 0.166 e. The molecule has 0 aliphatic heterocycles. The van der Waals surface area contributed by atoms with Crippen LogP contribution in [0.5, 0.6) is 5.75 Å². The number of Topliss-reactive ketones (excluding diaryl/α,β-unsaturated/α-hetero) is 1. The lowest BCUT2D eigenvalue weighted by atomic mass is 10.0. The third kappa shape index (κ3) is 6.02. The predicted octanol–water partition coefficient (Wildman–Crippen LogP) is 2.62. The number of hydrogen-bond acceptors (Lipinski definition) is 4. The number of carbonyl (C=O) groups is 1. The Morgan fingerprint density at radius 1 is 1.26 bits per heavy atom. The molecule has 0 aliphatic carbocycles. The van der Waals surface area contributed by atoms with Crippen LogP contribution in [0.4, 0.5) is 0 Å². The van der Waals surface area contributed by atoms with Gasteiger partial charge in [0.15, 0.2) is 5.78 Å². The lowest BCUT2D eigenvalue weighted by Crippen LogP contribution is -2.27. The molecule has 0 saturated carbocycles. The zero-order chi connectivity index (χ0) is 20.1. The van der Waals surface area contributed by atoms with E-state index in [1.165, 1.54) is 0 Å². The third-order valence-corrected chi connectivity index (χ3v) is 3.04. The minimum Gasteiger partial charge on any atom is -0.490 e. The second-order valence-corrected chi connectivity index (χ2v) is 4.72. The highest BCUT2D eigenvalue weighted by atomic mass is 35.5. The molecule has 0 aliphatic rings. The van der Waals surface area contributed by atoms with E-state index in [0.717, 1.165) is 0 Å². The second-order valence-electron chi connectivity index (χ2n) is 4.72. The maximum absolute atomic E-state index is 12.6. The highest BCUT2D eigenvalue weighted by molar-refractivity contribution is 5.98. The fourth-order valence-corrected chi connectivity index (χ4v) is 1.85. The maximum atomic E-state index is 12.6. The number of halogens is 1. The van der Waals surface area contributed by atoms with Crippen LogP contribution in [0.3, 0.4) is 0 Å².